The summed E-state index contributed by atoms with van der Waals surface area (Å²) in [6.45, 7) is 5.48. The molecule has 2 aliphatic rings. The molecule has 7 heteroatoms. The Morgan fingerprint density at radius 1 is 1.31 bits per heavy atom. The Morgan fingerprint density at radius 3 is 2.92 bits per heavy atom. The summed E-state index contributed by atoms with van der Waals surface area (Å²) in [5.74, 6) is 0.553. The third-order valence-corrected chi connectivity index (χ3v) is 5.39. The highest BCUT2D eigenvalue weighted by molar-refractivity contribution is 6.05. The maximum Gasteiger partial charge on any atom is 0.255 e. The number of aromatic nitrogens is 5. The van der Waals surface area contributed by atoms with Gasteiger partial charge in [-0.2, -0.15) is 10.2 Å². The fourth-order valence-corrected chi connectivity index (χ4v) is 3.75. The Labute approximate surface area is 151 Å². The molecule has 1 saturated carbocycles. The molecular formula is C19H22N6O. The first kappa shape index (κ1) is 15.5. The summed E-state index contributed by atoms with van der Waals surface area (Å²) in [6.07, 6.45) is 6.74. The van der Waals surface area contributed by atoms with Gasteiger partial charge in [0.1, 0.15) is 0 Å². The van der Waals surface area contributed by atoms with Crippen LogP contribution >= 0.6 is 0 Å². The lowest BCUT2D eigenvalue weighted by atomic mass is 10.0. The smallest absolute Gasteiger partial charge is 0.255 e. The molecule has 0 saturated heterocycles. The molecule has 4 heterocycles. The molecule has 0 bridgehead atoms. The van der Waals surface area contributed by atoms with Crippen LogP contribution in [0.5, 0.6) is 0 Å². The Kier molecular flexibility index (Phi) is 3.38. The number of aromatic amines is 1. The number of H-pyrrole nitrogens is 1. The van der Waals surface area contributed by atoms with Crippen LogP contribution in [0.15, 0.2) is 18.5 Å². The average molecular weight is 350 g/mol. The van der Waals surface area contributed by atoms with Gasteiger partial charge in [-0.15, -0.1) is 0 Å². The van der Waals surface area contributed by atoms with Crippen molar-refractivity contribution in [1.82, 2.24) is 29.9 Å². The number of nitrogens with one attached hydrogen (secondary N) is 1. The summed E-state index contributed by atoms with van der Waals surface area (Å²) in [7, 11) is 0. The van der Waals surface area contributed by atoms with Gasteiger partial charge >= 0.3 is 0 Å². The second kappa shape index (κ2) is 5.65. The van der Waals surface area contributed by atoms with Gasteiger partial charge in [0.2, 0.25) is 0 Å². The lowest BCUT2D eigenvalue weighted by molar-refractivity contribution is 0.0736. The fraction of sp³-hybridized carbons (Fsp3) is 0.474. The predicted molar refractivity (Wildman–Crippen MR) is 96.9 cm³/mol. The predicted octanol–water partition coefficient (Wildman–Crippen LogP) is 2.81. The largest absolute Gasteiger partial charge is 0.334 e. The monoisotopic (exact) mass is 350 g/mol. The van der Waals surface area contributed by atoms with Crippen molar-refractivity contribution in [3.8, 4) is 0 Å². The van der Waals surface area contributed by atoms with Crippen LogP contribution in [0.4, 0.5) is 0 Å². The number of hydrogen-bond donors (Lipinski definition) is 1. The minimum absolute atomic E-state index is 0.0643. The topological polar surface area (TPSA) is 79.7 Å². The van der Waals surface area contributed by atoms with E-state index in [-0.39, 0.29) is 11.9 Å². The molecule has 1 amide bonds. The van der Waals surface area contributed by atoms with E-state index in [1.54, 1.807) is 6.20 Å². The number of amides is 1. The van der Waals surface area contributed by atoms with Crippen molar-refractivity contribution >= 4 is 16.9 Å². The Hall–Kier alpha value is -2.70. The molecule has 26 heavy (non-hydrogen) atoms. The third kappa shape index (κ3) is 2.41. The van der Waals surface area contributed by atoms with E-state index in [0.29, 0.717) is 19.0 Å². The Balaban J connectivity index is 1.58. The summed E-state index contributed by atoms with van der Waals surface area (Å²) >= 11 is 0. The van der Waals surface area contributed by atoms with Gasteiger partial charge < -0.3 is 4.90 Å². The van der Waals surface area contributed by atoms with E-state index in [1.807, 2.05) is 21.8 Å². The van der Waals surface area contributed by atoms with Gasteiger partial charge in [-0.05, 0) is 32.8 Å². The van der Waals surface area contributed by atoms with E-state index < -0.39 is 0 Å². The van der Waals surface area contributed by atoms with E-state index in [4.69, 9.17) is 4.98 Å². The van der Waals surface area contributed by atoms with Crippen LogP contribution in [0.3, 0.4) is 0 Å². The number of carbonyl (C=O) groups excluding carboxylic acids is 1. The molecule has 1 aliphatic carbocycles. The Morgan fingerprint density at radius 2 is 2.15 bits per heavy atom. The normalized spacial score (nSPS) is 17.1. The fourth-order valence-electron chi connectivity index (χ4n) is 3.75. The van der Waals surface area contributed by atoms with Crippen LogP contribution in [0, 0.1) is 0 Å². The molecule has 1 fully saturated rings. The van der Waals surface area contributed by atoms with E-state index in [2.05, 4.69) is 29.1 Å². The molecular weight excluding hydrogens is 328 g/mol. The van der Waals surface area contributed by atoms with Crippen molar-refractivity contribution in [2.75, 3.05) is 6.54 Å². The molecule has 0 radical (unpaired) electrons. The molecule has 1 N–H and O–H groups in total. The molecule has 1 aliphatic heterocycles. The zero-order chi connectivity index (χ0) is 17.8. The number of carbonyl (C=O) groups is 1. The van der Waals surface area contributed by atoms with Crippen LogP contribution in [0.25, 0.3) is 11.0 Å². The summed E-state index contributed by atoms with van der Waals surface area (Å²) in [5.41, 5.74) is 4.84. The van der Waals surface area contributed by atoms with Crippen molar-refractivity contribution in [3.63, 3.8) is 0 Å². The number of pyridine rings is 1. The van der Waals surface area contributed by atoms with Gasteiger partial charge in [-0.1, -0.05) is 0 Å². The van der Waals surface area contributed by atoms with Crippen molar-refractivity contribution in [1.29, 1.82) is 0 Å². The van der Waals surface area contributed by atoms with Gasteiger partial charge in [-0.25, -0.2) is 9.67 Å². The SMILES string of the molecule is CC(C)n1ncc2c(C(=O)N3CCc4[nH]ncc4C3)cc(C3CC3)nc21. The first-order chi connectivity index (χ1) is 12.6. The standard InChI is InChI=1S/C19H22N6O/c1-11(2)25-18-15(9-21-25)14(7-17(22-18)12-3-4-12)19(26)24-6-5-16-13(10-24)8-20-23-16/h7-9,11-12H,3-6,10H2,1-2H3,(H,20,23). The van der Waals surface area contributed by atoms with Gasteiger partial charge in [0, 0.05) is 48.4 Å². The van der Waals surface area contributed by atoms with Crippen LogP contribution < -0.4 is 0 Å². The second-order valence-electron chi connectivity index (χ2n) is 7.64. The molecule has 3 aromatic rings. The van der Waals surface area contributed by atoms with Crippen molar-refractivity contribution in [3.05, 3.63) is 41.0 Å². The van der Waals surface area contributed by atoms with Crippen molar-refractivity contribution < 1.29 is 4.79 Å². The zero-order valence-electron chi connectivity index (χ0n) is 15.1. The van der Waals surface area contributed by atoms with Gasteiger partial charge in [-0.3, -0.25) is 9.89 Å². The lowest BCUT2D eigenvalue weighted by Gasteiger charge is -2.27. The number of fused-ring (bicyclic) bond motifs is 2. The summed E-state index contributed by atoms with van der Waals surface area (Å²) in [5, 5.41) is 12.5. The van der Waals surface area contributed by atoms with Crippen molar-refractivity contribution in [2.45, 2.75) is 51.6 Å². The maximum absolute atomic E-state index is 13.4. The highest BCUT2D eigenvalue weighted by atomic mass is 16.2. The molecule has 7 nitrogen and oxygen atoms in total. The van der Waals surface area contributed by atoms with Crippen LogP contribution in [-0.4, -0.2) is 42.3 Å². The minimum Gasteiger partial charge on any atom is -0.334 e. The first-order valence-corrected chi connectivity index (χ1v) is 9.30. The molecule has 134 valence electrons. The van der Waals surface area contributed by atoms with Crippen molar-refractivity contribution in [2.24, 2.45) is 0 Å². The molecule has 0 spiro atoms. The number of rotatable bonds is 3. The highest BCUT2D eigenvalue weighted by Gasteiger charge is 2.30. The van der Waals surface area contributed by atoms with Gasteiger partial charge in [0.25, 0.3) is 5.91 Å². The molecule has 5 rings (SSSR count). The molecule has 3 aromatic heterocycles. The van der Waals surface area contributed by atoms with Crippen LogP contribution in [-0.2, 0) is 13.0 Å². The summed E-state index contributed by atoms with van der Waals surface area (Å²) in [6, 6.07) is 2.21. The quantitative estimate of drug-likeness (QED) is 0.788. The van der Waals surface area contributed by atoms with E-state index in [1.165, 1.54) is 0 Å². The lowest BCUT2D eigenvalue weighted by Crippen LogP contribution is -2.35. The first-order valence-electron chi connectivity index (χ1n) is 9.30. The van der Waals surface area contributed by atoms with E-state index in [9.17, 15) is 4.79 Å². The molecule has 0 aromatic carbocycles. The molecule has 0 unspecified atom stereocenters. The van der Waals surface area contributed by atoms with Crippen LogP contribution in [0.2, 0.25) is 0 Å². The maximum atomic E-state index is 13.4. The zero-order valence-corrected chi connectivity index (χ0v) is 15.1. The second-order valence-corrected chi connectivity index (χ2v) is 7.64. The van der Waals surface area contributed by atoms with E-state index >= 15 is 0 Å². The molecule has 0 atom stereocenters. The summed E-state index contributed by atoms with van der Waals surface area (Å²) < 4.78 is 1.92. The Bertz CT molecular complexity index is 997. The number of nitrogens with zero attached hydrogens (tertiary/aromatic N) is 5. The third-order valence-electron chi connectivity index (χ3n) is 5.39. The van der Waals surface area contributed by atoms with Crippen LogP contribution in [0.1, 0.15) is 66.0 Å². The number of hydrogen-bond acceptors (Lipinski definition) is 4. The van der Waals surface area contributed by atoms with Gasteiger partial charge in [0.15, 0.2) is 5.65 Å². The van der Waals surface area contributed by atoms with Gasteiger partial charge in [0.05, 0.1) is 23.3 Å². The van der Waals surface area contributed by atoms with E-state index in [0.717, 1.165) is 52.8 Å². The average Bonchev–Trinajstić information content (AvgIpc) is 3.23. The summed E-state index contributed by atoms with van der Waals surface area (Å²) in [4.78, 5) is 20.1. The highest BCUT2D eigenvalue weighted by Crippen LogP contribution is 2.40. The minimum atomic E-state index is 0.0643.